The normalized spacial score (nSPS) is 9.65. The Hall–Kier alpha value is -1.57. The standard InChI is InChI=1S/C12H13ClN2O2/c13-4-6-17-7-5-15-12(16)11-3-1-2-10(8-11)9-14/h1-3,8H,4-7H2,(H,15,16). The average Bonchev–Trinajstić information content (AvgIpc) is 2.38. The van der Waals surface area contributed by atoms with Gasteiger partial charge in [0.1, 0.15) is 0 Å². The predicted molar refractivity (Wildman–Crippen MR) is 65.0 cm³/mol. The first-order valence-corrected chi connectivity index (χ1v) is 5.73. The Kier molecular flexibility index (Phi) is 6.08. The summed E-state index contributed by atoms with van der Waals surface area (Å²) in [7, 11) is 0. The van der Waals surface area contributed by atoms with Crippen molar-refractivity contribution in [3.05, 3.63) is 35.4 Å². The minimum Gasteiger partial charge on any atom is -0.378 e. The lowest BCUT2D eigenvalue weighted by Crippen LogP contribution is -2.27. The van der Waals surface area contributed by atoms with Crippen molar-refractivity contribution in [1.82, 2.24) is 5.32 Å². The number of hydrogen-bond donors (Lipinski definition) is 1. The number of halogens is 1. The van der Waals surface area contributed by atoms with Gasteiger partial charge in [0, 0.05) is 18.0 Å². The number of alkyl halides is 1. The largest absolute Gasteiger partial charge is 0.378 e. The van der Waals surface area contributed by atoms with Gasteiger partial charge in [0.05, 0.1) is 24.8 Å². The average molecular weight is 253 g/mol. The molecule has 1 aromatic carbocycles. The number of nitriles is 1. The topological polar surface area (TPSA) is 62.1 Å². The van der Waals surface area contributed by atoms with Crippen molar-refractivity contribution in [2.75, 3.05) is 25.6 Å². The van der Waals surface area contributed by atoms with Crippen LogP contribution >= 0.6 is 11.6 Å². The van der Waals surface area contributed by atoms with E-state index in [-0.39, 0.29) is 5.91 Å². The maximum Gasteiger partial charge on any atom is 0.251 e. The zero-order valence-corrected chi connectivity index (χ0v) is 10.0. The first-order valence-electron chi connectivity index (χ1n) is 5.20. The van der Waals surface area contributed by atoms with Gasteiger partial charge >= 0.3 is 0 Å². The van der Waals surface area contributed by atoms with Crippen molar-refractivity contribution in [2.24, 2.45) is 0 Å². The molecule has 17 heavy (non-hydrogen) atoms. The van der Waals surface area contributed by atoms with Crippen molar-refractivity contribution < 1.29 is 9.53 Å². The van der Waals surface area contributed by atoms with Gasteiger partial charge in [0.25, 0.3) is 5.91 Å². The molecular weight excluding hydrogens is 240 g/mol. The van der Waals surface area contributed by atoms with Gasteiger partial charge in [-0.3, -0.25) is 4.79 Å². The number of hydrogen-bond acceptors (Lipinski definition) is 3. The molecule has 1 rings (SSSR count). The molecule has 1 aromatic rings. The van der Waals surface area contributed by atoms with E-state index < -0.39 is 0 Å². The zero-order chi connectivity index (χ0) is 12.5. The summed E-state index contributed by atoms with van der Waals surface area (Å²) in [5.41, 5.74) is 0.942. The van der Waals surface area contributed by atoms with Crippen LogP contribution in [-0.2, 0) is 4.74 Å². The van der Waals surface area contributed by atoms with Gasteiger partial charge in [-0.15, -0.1) is 11.6 Å². The lowest BCUT2D eigenvalue weighted by molar-refractivity contribution is 0.0923. The third-order valence-corrected chi connectivity index (χ3v) is 2.16. The summed E-state index contributed by atoms with van der Waals surface area (Å²) in [5, 5.41) is 11.4. The lowest BCUT2D eigenvalue weighted by Gasteiger charge is -2.05. The second-order valence-corrected chi connectivity index (χ2v) is 3.63. The summed E-state index contributed by atoms with van der Waals surface area (Å²) in [6.45, 7) is 1.32. The van der Waals surface area contributed by atoms with E-state index in [0.717, 1.165) is 0 Å². The van der Waals surface area contributed by atoms with Crippen LogP contribution in [0.1, 0.15) is 15.9 Å². The Morgan fingerprint density at radius 3 is 3.00 bits per heavy atom. The highest BCUT2D eigenvalue weighted by molar-refractivity contribution is 6.17. The third-order valence-electron chi connectivity index (χ3n) is 2.01. The van der Waals surface area contributed by atoms with E-state index >= 15 is 0 Å². The summed E-state index contributed by atoms with van der Waals surface area (Å²) < 4.78 is 5.11. The van der Waals surface area contributed by atoms with Gasteiger partial charge < -0.3 is 10.1 Å². The molecule has 90 valence electrons. The Balaban J connectivity index is 2.39. The van der Waals surface area contributed by atoms with Gasteiger partial charge in [-0.1, -0.05) is 6.07 Å². The fourth-order valence-corrected chi connectivity index (χ4v) is 1.33. The highest BCUT2D eigenvalue weighted by Crippen LogP contribution is 2.03. The number of carbonyl (C=O) groups excluding carboxylic acids is 1. The molecule has 0 saturated heterocycles. The number of nitrogens with zero attached hydrogens (tertiary/aromatic N) is 1. The van der Waals surface area contributed by atoms with Crippen LogP contribution in [0.5, 0.6) is 0 Å². The number of ether oxygens (including phenoxy) is 1. The highest BCUT2D eigenvalue weighted by atomic mass is 35.5. The quantitative estimate of drug-likeness (QED) is 0.617. The predicted octanol–water partition coefficient (Wildman–Crippen LogP) is 1.54. The van der Waals surface area contributed by atoms with Crippen molar-refractivity contribution >= 4 is 17.5 Å². The van der Waals surface area contributed by atoms with Gasteiger partial charge in [0.15, 0.2) is 0 Å². The minimum absolute atomic E-state index is 0.212. The summed E-state index contributed by atoms with van der Waals surface area (Å²) in [6, 6.07) is 8.53. The molecule has 0 aliphatic rings. The molecule has 0 atom stereocenters. The molecule has 0 spiro atoms. The highest BCUT2D eigenvalue weighted by Gasteiger charge is 2.04. The van der Waals surface area contributed by atoms with Crippen molar-refractivity contribution in [1.29, 1.82) is 5.26 Å². The molecule has 0 saturated carbocycles. The molecule has 1 amide bonds. The summed E-state index contributed by atoms with van der Waals surface area (Å²) in [4.78, 5) is 11.6. The first-order chi connectivity index (χ1) is 8.27. The molecule has 0 aromatic heterocycles. The summed E-state index contributed by atoms with van der Waals surface area (Å²) >= 11 is 5.43. The van der Waals surface area contributed by atoms with Gasteiger partial charge in [0.2, 0.25) is 0 Å². The molecule has 0 bridgehead atoms. The van der Waals surface area contributed by atoms with E-state index in [4.69, 9.17) is 21.6 Å². The first kappa shape index (κ1) is 13.5. The van der Waals surface area contributed by atoms with E-state index in [1.54, 1.807) is 24.3 Å². The number of amides is 1. The Morgan fingerprint density at radius 2 is 2.29 bits per heavy atom. The molecule has 4 nitrogen and oxygen atoms in total. The molecule has 0 aliphatic carbocycles. The molecular formula is C12H13ClN2O2. The summed E-state index contributed by atoms with van der Waals surface area (Å²) in [5.74, 6) is 0.231. The summed E-state index contributed by atoms with van der Waals surface area (Å²) in [6.07, 6.45) is 0. The Morgan fingerprint density at radius 1 is 1.47 bits per heavy atom. The van der Waals surface area contributed by atoms with Crippen molar-refractivity contribution in [3.8, 4) is 6.07 Å². The Bertz CT molecular complexity index is 415. The lowest BCUT2D eigenvalue weighted by atomic mass is 10.1. The molecule has 0 unspecified atom stereocenters. The van der Waals surface area contributed by atoms with Crippen LogP contribution in [0.3, 0.4) is 0 Å². The van der Waals surface area contributed by atoms with Crippen molar-refractivity contribution in [3.63, 3.8) is 0 Å². The molecule has 5 heteroatoms. The van der Waals surface area contributed by atoms with Crippen LogP contribution in [-0.4, -0.2) is 31.5 Å². The van der Waals surface area contributed by atoms with E-state index in [1.807, 2.05) is 6.07 Å². The number of rotatable bonds is 6. The molecule has 0 fully saturated rings. The SMILES string of the molecule is N#Cc1cccc(C(=O)NCCOCCCl)c1. The van der Waals surface area contributed by atoms with Crippen LogP contribution in [0.2, 0.25) is 0 Å². The molecule has 0 radical (unpaired) electrons. The van der Waals surface area contributed by atoms with Crippen LogP contribution in [0.4, 0.5) is 0 Å². The van der Waals surface area contributed by atoms with Gasteiger partial charge in [-0.25, -0.2) is 0 Å². The Labute approximate surface area is 105 Å². The smallest absolute Gasteiger partial charge is 0.251 e. The fourth-order valence-electron chi connectivity index (χ4n) is 1.23. The van der Waals surface area contributed by atoms with E-state index in [9.17, 15) is 4.79 Å². The number of carbonyl (C=O) groups is 1. The minimum atomic E-state index is -0.212. The molecule has 1 N–H and O–H groups in total. The zero-order valence-electron chi connectivity index (χ0n) is 9.28. The fraction of sp³-hybridized carbons (Fsp3) is 0.333. The van der Waals surface area contributed by atoms with Crippen LogP contribution in [0.25, 0.3) is 0 Å². The maximum absolute atomic E-state index is 11.6. The molecule has 0 heterocycles. The third kappa shape index (κ3) is 4.85. The van der Waals surface area contributed by atoms with Gasteiger partial charge in [-0.2, -0.15) is 5.26 Å². The van der Waals surface area contributed by atoms with Crippen molar-refractivity contribution in [2.45, 2.75) is 0 Å². The maximum atomic E-state index is 11.6. The van der Waals surface area contributed by atoms with Crippen LogP contribution in [0.15, 0.2) is 24.3 Å². The second-order valence-electron chi connectivity index (χ2n) is 3.25. The molecule has 0 aliphatic heterocycles. The van der Waals surface area contributed by atoms with Gasteiger partial charge in [-0.05, 0) is 18.2 Å². The van der Waals surface area contributed by atoms with E-state index in [1.165, 1.54) is 0 Å². The second kappa shape index (κ2) is 7.66. The number of benzene rings is 1. The monoisotopic (exact) mass is 252 g/mol. The van der Waals surface area contributed by atoms with E-state index in [0.29, 0.717) is 36.8 Å². The van der Waals surface area contributed by atoms with Crippen LogP contribution < -0.4 is 5.32 Å². The van der Waals surface area contributed by atoms with Crippen LogP contribution in [0, 0.1) is 11.3 Å². The number of nitrogens with one attached hydrogen (secondary N) is 1. The van der Waals surface area contributed by atoms with E-state index in [2.05, 4.69) is 5.32 Å².